The van der Waals surface area contributed by atoms with Gasteiger partial charge in [0.05, 0.1) is 7.11 Å². The number of carbonyl (C=O) groups is 3. The molecule has 1 atom stereocenters. The van der Waals surface area contributed by atoms with Crippen molar-refractivity contribution in [2.45, 2.75) is 19.4 Å². The Morgan fingerprint density at radius 1 is 1.29 bits per heavy atom. The van der Waals surface area contributed by atoms with E-state index in [1.807, 2.05) is 6.92 Å². The van der Waals surface area contributed by atoms with Gasteiger partial charge in [0.1, 0.15) is 24.4 Å². The number of rotatable bonds is 6. The van der Waals surface area contributed by atoms with Gasteiger partial charge in [0.15, 0.2) is 0 Å². The topological polar surface area (TPSA) is 84.9 Å². The number of amides is 3. The molecule has 0 radical (unpaired) electrons. The molecule has 2 rings (SSSR count). The molecule has 128 valence electrons. The van der Waals surface area contributed by atoms with Gasteiger partial charge < -0.3 is 14.8 Å². The van der Waals surface area contributed by atoms with Gasteiger partial charge in [0, 0.05) is 0 Å². The second-order valence-corrected chi connectivity index (χ2v) is 5.79. The zero-order valence-electron chi connectivity index (χ0n) is 13.9. The molecule has 1 saturated heterocycles. The van der Waals surface area contributed by atoms with Crippen LogP contribution in [-0.4, -0.2) is 43.1 Å². The lowest BCUT2D eigenvalue weighted by Gasteiger charge is -2.22. The van der Waals surface area contributed by atoms with E-state index in [9.17, 15) is 14.4 Å². The Hall–Kier alpha value is -2.83. The van der Waals surface area contributed by atoms with Gasteiger partial charge in [0.2, 0.25) is 0 Å². The molecule has 1 heterocycles. The third-order valence-electron chi connectivity index (χ3n) is 3.71. The molecule has 3 amide bonds. The highest BCUT2D eigenvalue weighted by Crippen LogP contribution is 2.30. The smallest absolute Gasteiger partial charge is 0.325 e. The van der Waals surface area contributed by atoms with E-state index >= 15 is 0 Å². The van der Waals surface area contributed by atoms with Gasteiger partial charge in [-0.2, -0.15) is 0 Å². The maximum Gasteiger partial charge on any atom is 0.325 e. The Morgan fingerprint density at radius 3 is 2.46 bits per heavy atom. The molecule has 0 saturated carbocycles. The zero-order valence-corrected chi connectivity index (χ0v) is 13.9. The van der Waals surface area contributed by atoms with Crippen LogP contribution in [0.5, 0.6) is 5.75 Å². The number of nitrogens with zero attached hydrogens (tertiary/aromatic N) is 1. The Bertz CT molecular complexity index is 683. The zero-order chi connectivity index (χ0) is 17.9. The minimum atomic E-state index is -1.24. The van der Waals surface area contributed by atoms with Crippen LogP contribution in [0, 0.1) is 0 Å². The fourth-order valence-corrected chi connectivity index (χ4v) is 2.32. The summed E-state index contributed by atoms with van der Waals surface area (Å²) in [6.45, 7) is 7.19. The number of carbonyl (C=O) groups excluding carboxylic acids is 3. The molecule has 1 aromatic carbocycles. The lowest BCUT2D eigenvalue weighted by Crippen LogP contribution is -2.41. The number of nitrogens with one attached hydrogen (secondary N) is 1. The second kappa shape index (κ2) is 6.74. The first-order chi connectivity index (χ1) is 11.3. The van der Waals surface area contributed by atoms with Gasteiger partial charge in [-0.15, -0.1) is 0 Å². The molecule has 24 heavy (non-hydrogen) atoms. The SMILES string of the molecule is C=C(C)COc1ccc(C2(C)NC(=O)N(CC(=O)OC)C2=O)cc1. The molecule has 1 aliphatic rings. The number of urea groups is 1. The van der Waals surface area contributed by atoms with Crippen LogP contribution < -0.4 is 10.1 Å². The maximum atomic E-state index is 12.6. The van der Waals surface area contributed by atoms with Crippen molar-refractivity contribution in [1.29, 1.82) is 0 Å². The van der Waals surface area contributed by atoms with Crippen molar-refractivity contribution >= 4 is 17.9 Å². The Morgan fingerprint density at radius 2 is 1.92 bits per heavy atom. The van der Waals surface area contributed by atoms with Crippen LogP contribution in [0.25, 0.3) is 0 Å². The van der Waals surface area contributed by atoms with Crippen molar-refractivity contribution in [3.05, 3.63) is 42.0 Å². The van der Waals surface area contributed by atoms with Crippen molar-refractivity contribution in [3.63, 3.8) is 0 Å². The number of imide groups is 1. The summed E-state index contributed by atoms with van der Waals surface area (Å²) in [4.78, 5) is 36.8. The van der Waals surface area contributed by atoms with Crippen LogP contribution in [0.3, 0.4) is 0 Å². The molecule has 1 aromatic rings. The molecule has 0 aromatic heterocycles. The van der Waals surface area contributed by atoms with Gasteiger partial charge in [-0.25, -0.2) is 4.79 Å². The van der Waals surface area contributed by atoms with Crippen LogP contribution >= 0.6 is 0 Å². The third kappa shape index (κ3) is 3.40. The molecular weight excluding hydrogens is 312 g/mol. The van der Waals surface area contributed by atoms with Crippen molar-refractivity contribution in [1.82, 2.24) is 10.2 Å². The van der Waals surface area contributed by atoms with Gasteiger partial charge >= 0.3 is 12.0 Å². The predicted molar refractivity (Wildman–Crippen MR) is 86.4 cm³/mol. The normalized spacial score (nSPS) is 19.9. The molecule has 0 bridgehead atoms. The van der Waals surface area contributed by atoms with E-state index in [1.54, 1.807) is 31.2 Å². The number of esters is 1. The van der Waals surface area contributed by atoms with Crippen molar-refractivity contribution < 1.29 is 23.9 Å². The number of hydrogen-bond acceptors (Lipinski definition) is 5. The maximum absolute atomic E-state index is 12.6. The van der Waals surface area contributed by atoms with E-state index in [2.05, 4.69) is 16.6 Å². The average Bonchev–Trinajstić information content (AvgIpc) is 2.77. The lowest BCUT2D eigenvalue weighted by molar-refractivity contribution is -0.145. The summed E-state index contributed by atoms with van der Waals surface area (Å²) in [5.41, 5.74) is 0.247. The molecule has 1 fully saturated rings. The highest BCUT2D eigenvalue weighted by molar-refractivity contribution is 6.08. The molecule has 1 N–H and O–H groups in total. The number of benzene rings is 1. The van der Waals surface area contributed by atoms with E-state index in [4.69, 9.17) is 4.74 Å². The Labute approximate surface area is 140 Å². The van der Waals surface area contributed by atoms with E-state index in [-0.39, 0.29) is 0 Å². The molecule has 7 heteroatoms. The van der Waals surface area contributed by atoms with Gasteiger partial charge in [-0.3, -0.25) is 14.5 Å². The van der Waals surface area contributed by atoms with Crippen LogP contribution in [0.2, 0.25) is 0 Å². The first kappa shape index (κ1) is 17.5. The summed E-state index contributed by atoms with van der Waals surface area (Å²) < 4.78 is 10.0. The summed E-state index contributed by atoms with van der Waals surface area (Å²) in [5.74, 6) is -0.534. The van der Waals surface area contributed by atoms with E-state index < -0.39 is 30.0 Å². The fraction of sp³-hybridized carbons (Fsp3) is 0.353. The summed E-state index contributed by atoms with van der Waals surface area (Å²) in [6.07, 6.45) is 0. The van der Waals surface area contributed by atoms with Crippen LogP contribution in [-0.2, 0) is 19.9 Å². The minimum Gasteiger partial charge on any atom is -0.489 e. The summed E-state index contributed by atoms with van der Waals surface area (Å²) in [5, 5.41) is 2.62. The molecule has 7 nitrogen and oxygen atoms in total. The standard InChI is InChI=1S/C17H20N2O5/c1-11(2)10-24-13-7-5-12(6-8-13)17(3)15(21)19(16(22)18-17)9-14(20)23-4/h5-8H,1,9-10H2,2-4H3,(H,18,22). The monoisotopic (exact) mass is 332 g/mol. The fourth-order valence-electron chi connectivity index (χ4n) is 2.32. The molecule has 1 aliphatic heterocycles. The largest absolute Gasteiger partial charge is 0.489 e. The molecule has 1 unspecified atom stereocenters. The van der Waals surface area contributed by atoms with Gasteiger partial charge in [0.25, 0.3) is 5.91 Å². The first-order valence-corrected chi connectivity index (χ1v) is 7.36. The van der Waals surface area contributed by atoms with Crippen LogP contribution in [0.4, 0.5) is 4.79 Å². The molecular formula is C17H20N2O5. The number of hydrogen-bond donors (Lipinski definition) is 1. The van der Waals surface area contributed by atoms with E-state index in [0.717, 1.165) is 10.5 Å². The van der Waals surface area contributed by atoms with Crippen molar-refractivity contribution in [3.8, 4) is 5.75 Å². The van der Waals surface area contributed by atoms with Gasteiger partial charge in [-0.05, 0) is 37.1 Å². The molecule has 0 spiro atoms. The van der Waals surface area contributed by atoms with E-state index in [0.29, 0.717) is 17.9 Å². The lowest BCUT2D eigenvalue weighted by atomic mass is 9.92. The highest BCUT2D eigenvalue weighted by Gasteiger charge is 2.49. The van der Waals surface area contributed by atoms with Crippen LogP contribution in [0.15, 0.2) is 36.4 Å². The van der Waals surface area contributed by atoms with E-state index in [1.165, 1.54) is 7.11 Å². The van der Waals surface area contributed by atoms with Crippen molar-refractivity contribution in [2.75, 3.05) is 20.3 Å². The average molecular weight is 332 g/mol. The first-order valence-electron chi connectivity index (χ1n) is 7.36. The Balaban J connectivity index is 2.18. The van der Waals surface area contributed by atoms with Crippen LogP contribution in [0.1, 0.15) is 19.4 Å². The number of ether oxygens (including phenoxy) is 2. The highest BCUT2D eigenvalue weighted by atomic mass is 16.5. The third-order valence-corrected chi connectivity index (χ3v) is 3.71. The predicted octanol–water partition coefficient (Wildman–Crippen LogP) is 1.58. The van der Waals surface area contributed by atoms with Crippen molar-refractivity contribution in [2.24, 2.45) is 0 Å². The summed E-state index contributed by atoms with van der Waals surface area (Å²) in [6, 6.07) is 6.20. The van der Waals surface area contributed by atoms with Gasteiger partial charge in [-0.1, -0.05) is 18.7 Å². The summed E-state index contributed by atoms with van der Waals surface area (Å²) >= 11 is 0. The minimum absolute atomic E-state index is 0.402. The molecule has 0 aliphatic carbocycles. The Kier molecular flexibility index (Phi) is 4.92. The summed E-state index contributed by atoms with van der Waals surface area (Å²) in [7, 11) is 1.20. The second-order valence-electron chi connectivity index (χ2n) is 5.79. The quantitative estimate of drug-likeness (QED) is 0.486. The number of methoxy groups -OCH3 is 1.